The van der Waals surface area contributed by atoms with Crippen molar-refractivity contribution in [1.82, 2.24) is 14.9 Å². The Hall–Kier alpha value is -4.47. The molecule has 1 aromatic heterocycles. The first-order valence-electron chi connectivity index (χ1n) is 12.5. The van der Waals surface area contributed by atoms with Gasteiger partial charge in [-0.05, 0) is 32.4 Å². The van der Waals surface area contributed by atoms with Gasteiger partial charge in [0.15, 0.2) is 11.4 Å². The van der Waals surface area contributed by atoms with Gasteiger partial charge in [-0.25, -0.2) is 8.78 Å². The molecule has 5 rings (SSSR count). The zero-order valence-corrected chi connectivity index (χ0v) is 21.8. The number of fused-ring (bicyclic) bond motifs is 4. The molecule has 0 saturated heterocycles. The van der Waals surface area contributed by atoms with Crippen LogP contribution in [0.3, 0.4) is 0 Å². The van der Waals surface area contributed by atoms with E-state index in [-0.39, 0.29) is 48.4 Å². The van der Waals surface area contributed by atoms with Gasteiger partial charge in [0.05, 0.1) is 11.6 Å². The van der Waals surface area contributed by atoms with Crippen LogP contribution in [0.1, 0.15) is 52.7 Å². The Morgan fingerprint density at radius 3 is 2.59 bits per heavy atom. The Kier molecular flexibility index (Phi) is 6.71. The van der Waals surface area contributed by atoms with Gasteiger partial charge in [0, 0.05) is 24.4 Å². The van der Waals surface area contributed by atoms with E-state index in [1.54, 1.807) is 4.90 Å². The number of ether oxygens (including phenoxy) is 1. The first kappa shape index (κ1) is 26.1. The van der Waals surface area contributed by atoms with Crippen LogP contribution in [-0.4, -0.2) is 39.6 Å². The molecule has 39 heavy (non-hydrogen) atoms. The molecule has 8 nitrogen and oxygen atoms in total. The van der Waals surface area contributed by atoms with Gasteiger partial charge in [-0.3, -0.25) is 24.1 Å². The summed E-state index contributed by atoms with van der Waals surface area (Å²) < 4.78 is 34.9. The van der Waals surface area contributed by atoms with Crippen LogP contribution in [0.25, 0.3) is 0 Å². The van der Waals surface area contributed by atoms with Crippen molar-refractivity contribution >= 4 is 11.8 Å². The molecule has 2 amide bonds. The Labute approximate surface area is 224 Å². The molecule has 1 atom stereocenters. The summed E-state index contributed by atoms with van der Waals surface area (Å²) in [7, 11) is 0. The molecule has 0 unspecified atom stereocenters. The predicted octanol–water partition coefficient (Wildman–Crippen LogP) is 3.72. The second-order valence-electron chi connectivity index (χ2n) is 10.2. The van der Waals surface area contributed by atoms with Crippen LogP contribution in [0, 0.1) is 11.6 Å². The number of aromatic nitrogens is 1. The van der Waals surface area contributed by atoms with Crippen LogP contribution in [-0.2, 0) is 13.2 Å². The van der Waals surface area contributed by atoms with Crippen LogP contribution in [0.2, 0.25) is 0 Å². The molecule has 2 aliphatic heterocycles. The molecular weight excluding hydrogens is 506 g/mol. The van der Waals surface area contributed by atoms with Gasteiger partial charge in [0.1, 0.15) is 30.5 Å². The second kappa shape index (κ2) is 10.0. The topological polar surface area (TPSA) is 83.9 Å². The molecule has 0 saturated carbocycles. The van der Waals surface area contributed by atoms with Gasteiger partial charge in [0.25, 0.3) is 11.8 Å². The molecule has 0 fully saturated rings. The molecule has 1 N–H and O–H groups in total. The molecule has 10 heteroatoms. The maximum absolute atomic E-state index is 14.1. The Morgan fingerprint density at radius 1 is 1.13 bits per heavy atom. The van der Waals surface area contributed by atoms with E-state index in [0.29, 0.717) is 0 Å². The van der Waals surface area contributed by atoms with Crippen LogP contribution < -0.4 is 20.5 Å². The van der Waals surface area contributed by atoms with Crippen LogP contribution in [0.4, 0.5) is 8.78 Å². The van der Waals surface area contributed by atoms with E-state index in [1.807, 2.05) is 68.3 Å². The standard InChI is InChI=1S/C29H28F2N4O4/c1-18-11-12-29(2,3)33-17-35(18)34-15-22(27(37)32-14-20-9-10-21(30)13-23(20)31)25(36)26(24(34)28(33)38)39-16-19-7-5-4-6-8-19/h4-13,15,18H,14,16-17H2,1-3H3,(H,32,37)/t18-/m1/s1. The number of carbonyl (C=O) groups is 2. The highest BCUT2D eigenvalue weighted by molar-refractivity contribution is 6.00. The molecular formula is C29H28F2N4O4. The summed E-state index contributed by atoms with van der Waals surface area (Å²) in [5.41, 5.74) is -0.816. The van der Waals surface area contributed by atoms with Gasteiger partial charge in [-0.2, -0.15) is 0 Å². The lowest BCUT2D eigenvalue weighted by Gasteiger charge is -2.45. The summed E-state index contributed by atoms with van der Waals surface area (Å²) in [5, 5.41) is 4.38. The summed E-state index contributed by atoms with van der Waals surface area (Å²) >= 11 is 0. The summed E-state index contributed by atoms with van der Waals surface area (Å²) in [6, 6.07) is 12.0. The minimum absolute atomic E-state index is 0.000576. The maximum atomic E-state index is 14.1. The zero-order chi connectivity index (χ0) is 27.9. The normalized spacial score (nSPS) is 17.5. The molecule has 0 spiro atoms. The lowest BCUT2D eigenvalue weighted by atomic mass is 10.0. The van der Waals surface area contributed by atoms with E-state index in [2.05, 4.69) is 5.32 Å². The summed E-state index contributed by atoms with van der Waals surface area (Å²) in [6.45, 7) is 5.71. The number of nitrogens with one attached hydrogen (secondary N) is 1. The summed E-state index contributed by atoms with van der Waals surface area (Å²) in [5.74, 6) is -2.99. The predicted molar refractivity (Wildman–Crippen MR) is 141 cm³/mol. The van der Waals surface area contributed by atoms with E-state index >= 15 is 0 Å². The van der Waals surface area contributed by atoms with E-state index in [0.717, 1.165) is 17.7 Å². The number of nitrogens with zero attached hydrogens (tertiary/aromatic N) is 3. The minimum Gasteiger partial charge on any atom is -0.482 e. The number of halogens is 2. The highest BCUT2D eigenvalue weighted by Gasteiger charge is 2.42. The molecule has 2 aromatic carbocycles. The number of carbonyl (C=O) groups excluding carboxylic acids is 2. The summed E-state index contributed by atoms with van der Waals surface area (Å²) in [4.78, 5) is 42.4. The third-order valence-electron chi connectivity index (χ3n) is 7.03. The number of pyridine rings is 1. The molecule has 3 heterocycles. The molecule has 0 aliphatic carbocycles. The van der Waals surface area contributed by atoms with Crippen molar-refractivity contribution < 1.29 is 23.1 Å². The average molecular weight is 535 g/mol. The van der Waals surface area contributed by atoms with Crippen molar-refractivity contribution in [2.24, 2.45) is 0 Å². The Balaban J connectivity index is 1.58. The van der Waals surface area contributed by atoms with Crippen molar-refractivity contribution in [3.05, 3.63) is 111 Å². The maximum Gasteiger partial charge on any atom is 0.278 e. The van der Waals surface area contributed by atoms with Crippen LogP contribution >= 0.6 is 0 Å². The lowest BCUT2D eigenvalue weighted by molar-refractivity contribution is 0.0542. The van der Waals surface area contributed by atoms with E-state index in [1.165, 1.54) is 16.9 Å². The quantitative estimate of drug-likeness (QED) is 0.488. The van der Waals surface area contributed by atoms with Gasteiger partial charge >= 0.3 is 0 Å². The number of benzene rings is 2. The first-order valence-corrected chi connectivity index (χ1v) is 12.5. The monoisotopic (exact) mass is 534 g/mol. The molecule has 202 valence electrons. The third kappa shape index (κ3) is 4.89. The van der Waals surface area contributed by atoms with Crippen molar-refractivity contribution in [1.29, 1.82) is 0 Å². The fraction of sp³-hybridized carbons (Fsp3) is 0.276. The van der Waals surface area contributed by atoms with Crippen molar-refractivity contribution in [3.63, 3.8) is 0 Å². The second-order valence-corrected chi connectivity index (χ2v) is 10.2. The third-order valence-corrected chi connectivity index (χ3v) is 7.03. The fourth-order valence-electron chi connectivity index (χ4n) is 4.68. The van der Waals surface area contributed by atoms with Crippen LogP contribution in [0.15, 0.2) is 71.7 Å². The number of hydrogen-bond acceptors (Lipinski definition) is 5. The fourth-order valence-corrected chi connectivity index (χ4v) is 4.68. The number of amides is 2. The lowest BCUT2D eigenvalue weighted by Crippen LogP contribution is -2.60. The Morgan fingerprint density at radius 2 is 1.87 bits per heavy atom. The van der Waals surface area contributed by atoms with Gasteiger partial charge in [-0.15, -0.1) is 0 Å². The van der Waals surface area contributed by atoms with Gasteiger partial charge < -0.3 is 15.0 Å². The molecule has 0 radical (unpaired) electrons. The van der Waals surface area contributed by atoms with Crippen LogP contribution in [0.5, 0.6) is 5.75 Å². The number of hydrogen-bond donors (Lipinski definition) is 1. The van der Waals surface area contributed by atoms with Crippen molar-refractivity contribution in [2.45, 2.75) is 45.5 Å². The van der Waals surface area contributed by atoms with Crippen molar-refractivity contribution in [3.8, 4) is 5.75 Å². The Bertz CT molecular complexity index is 1530. The minimum atomic E-state index is -0.817. The van der Waals surface area contributed by atoms with E-state index in [9.17, 15) is 23.2 Å². The largest absolute Gasteiger partial charge is 0.482 e. The van der Waals surface area contributed by atoms with E-state index < -0.39 is 34.4 Å². The van der Waals surface area contributed by atoms with Gasteiger partial charge in [-0.1, -0.05) is 48.6 Å². The average Bonchev–Trinajstić information content (AvgIpc) is 3.01. The summed E-state index contributed by atoms with van der Waals surface area (Å²) in [6.07, 6.45) is 5.22. The molecule has 2 aliphatic rings. The SMILES string of the molecule is C[C@@H]1C=CC(C)(C)N2CN1n1cc(C(=O)NCc3ccc(F)cc3F)c(=O)c(OCc3ccccc3)c1C2=O. The zero-order valence-electron chi connectivity index (χ0n) is 21.8. The highest BCUT2D eigenvalue weighted by atomic mass is 19.1. The van der Waals surface area contributed by atoms with Crippen molar-refractivity contribution in [2.75, 3.05) is 11.7 Å². The first-order chi connectivity index (χ1) is 18.6. The van der Waals surface area contributed by atoms with E-state index in [4.69, 9.17) is 4.74 Å². The highest BCUT2D eigenvalue weighted by Crippen LogP contribution is 2.31. The number of rotatable bonds is 6. The molecule has 3 aromatic rings. The smallest absolute Gasteiger partial charge is 0.278 e. The van der Waals surface area contributed by atoms with Gasteiger partial charge in [0.2, 0.25) is 5.43 Å². The molecule has 2 bridgehead atoms.